The normalized spacial score (nSPS) is 24.2. The van der Waals surface area contributed by atoms with Gasteiger partial charge in [0, 0.05) is 12.4 Å². The topological polar surface area (TPSA) is 27.1 Å². The van der Waals surface area contributed by atoms with E-state index in [2.05, 4.69) is 78.0 Å². The maximum absolute atomic E-state index is 6.76. The molecule has 126 valence electrons. The van der Waals surface area contributed by atoms with E-state index in [1.165, 1.54) is 5.56 Å². The number of ether oxygens (including phenoxy) is 1. The van der Waals surface area contributed by atoms with Crippen LogP contribution in [-0.4, -0.2) is 15.7 Å². The Labute approximate surface area is 144 Å². The molecule has 0 spiro atoms. The molecular weight excluding hydrogens is 296 g/mol. The fraction of sp³-hybridized carbons (Fsp3) is 0.381. The van der Waals surface area contributed by atoms with E-state index in [1.807, 2.05) is 18.7 Å². The van der Waals surface area contributed by atoms with Crippen LogP contribution in [0.25, 0.3) is 0 Å². The largest absolute Gasteiger partial charge is 0.347 e. The van der Waals surface area contributed by atoms with Gasteiger partial charge in [0.05, 0.1) is 18.3 Å². The van der Waals surface area contributed by atoms with E-state index in [0.717, 1.165) is 19.3 Å². The van der Waals surface area contributed by atoms with Crippen molar-refractivity contribution in [2.45, 2.75) is 50.9 Å². The number of benzene rings is 1. The number of nitrogens with zero attached hydrogens (tertiary/aromatic N) is 2. The van der Waals surface area contributed by atoms with Crippen LogP contribution in [0.15, 0.2) is 73.4 Å². The van der Waals surface area contributed by atoms with Crippen molar-refractivity contribution in [1.82, 2.24) is 9.55 Å². The quantitative estimate of drug-likeness (QED) is 0.714. The molecule has 0 N–H and O–H groups in total. The summed E-state index contributed by atoms with van der Waals surface area (Å²) in [5, 5.41) is 0. The summed E-state index contributed by atoms with van der Waals surface area (Å²) in [6.45, 7) is 4.41. The van der Waals surface area contributed by atoms with Crippen molar-refractivity contribution in [1.29, 1.82) is 0 Å². The third-order valence-corrected chi connectivity index (χ3v) is 4.68. The molecule has 3 atom stereocenters. The number of imidazole rings is 1. The summed E-state index contributed by atoms with van der Waals surface area (Å²) < 4.78 is 8.87. The van der Waals surface area contributed by atoms with E-state index in [1.54, 1.807) is 0 Å². The molecule has 1 heterocycles. The summed E-state index contributed by atoms with van der Waals surface area (Å²) in [4.78, 5) is 4.27. The standard InChI is InChI=1S/C21H26N2O/c1-3-10-19(4-2)24-21(23-16-15-22-17-23)14-9-8-13-20(21)18-11-6-5-7-12-18/h5-9,11-17,19-20H,3-4,10H2,1-2H3. The minimum Gasteiger partial charge on any atom is -0.347 e. The van der Waals surface area contributed by atoms with E-state index in [-0.39, 0.29) is 12.0 Å². The molecule has 0 radical (unpaired) electrons. The first-order chi connectivity index (χ1) is 11.8. The average molecular weight is 322 g/mol. The number of hydrogen-bond acceptors (Lipinski definition) is 2. The zero-order chi connectivity index (χ0) is 16.8. The highest BCUT2D eigenvalue weighted by molar-refractivity contribution is 5.34. The summed E-state index contributed by atoms with van der Waals surface area (Å²) in [7, 11) is 0. The Morgan fingerprint density at radius 3 is 2.71 bits per heavy atom. The minimum atomic E-state index is -0.567. The van der Waals surface area contributed by atoms with E-state index in [4.69, 9.17) is 4.74 Å². The second-order valence-electron chi connectivity index (χ2n) is 6.29. The fourth-order valence-electron chi connectivity index (χ4n) is 3.44. The first-order valence-corrected chi connectivity index (χ1v) is 8.87. The van der Waals surface area contributed by atoms with Gasteiger partial charge in [-0.05, 0) is 24.5 Å². The Hall–Kier alpha value is -2.13. The molecule has 3 nitrogen and oxygen atoms in total. The third-order valence-electron chi connectivity index (χ3n) is 4.68. The van der Waals surface area contributed by atoms with Gasteiger partial charge in [0.2, 0.25) is 0 Å². The van der Waals surface area contributed by atoms with E-state index < -0.39 is 5.72 Å². The van der Waals surface area contributed by atoms with Crippen LogP contribution in [0.3, 0.4) is 0 Å². The Balaban J connectivity index is 2.05. The lowest BCUT2D eigenvalue weighted by Gasteiger charge is -2.42. The highest BCUT2D eigenvalue weighted by Crippen LogP contribution is 2.42. The molecule has 1 aromatic heterocycles. The molecule has 0 amide bonds. The van der Waals surface area contributed by atoms with Crippen molar-refractivity contribution in [2.75, 3.05) is 0 Å². The summed E-state index contributed by atoms with van der Waals surface area (Å²) in [5.41, 5.74) is 0.681. The molecule has 2 aromatic rings. The van der Waals surface area contributed by atoms with Crippen LogP contribution in [0, 0.1) is 0 Å². The van der Waals surface area contributed by atoms with Crippen LogP contribution in [0.5, 0.6) is 0 Å². The Morgan fingerprint density at radius 1 is 1.21 bits per heavy atom. The van der Waals surface area contributed by atoms with Gasteiger partial charge < -0.3 is 9.30 Å². The predicted octanol–water partition coefficient (Wildman–Crippen LogP) is 5.04. The van der Waals surface area contributed by atoms with Crippen LogP contribution in [0.4, 0.5) is 0 Å². The molecular formula is C21H26N2O. The van der Waals surface area contributed by atoms with Gasteiger partial charge in [0.15, 0.2) is 5.72 Å². The van der Waals surface area contributed by atoms with Gasteiger partial charge in [-0.15, -0.1) is 0 Å². The van der Waals surface area contributed by atoms with Crippen LogP contribution < -0.4 is 0 Å². The molecule has 1 aliphatic rings. The number of allylic oxidation sites excluding steroid dienone is 2. The molecule has 1 aliphatic carbocycles. The minimum absolute atomic E-state index is 0.115. The molecule has 3 heteroatoms. The van der Waals surface area contributed by atoms with Crippen LogP contribution in [-0.2, 0) is 10.5 Å². The smallest absolute Gasteiger partial charge is 0.175 e. The molecule has 24 heavy (non-hydrogen) atoms. The van der Waals surface area contributed by atoms with E-state index in [9.17, 15) is 0 Å². The first kappa shape index (κ1) is 16.7. The first-order valence-electron chi connectivity index (χ1n) is 8.87. The van der Waals surface area contributed by atoms with E-state index in [0.29, 0.717) is 0 Å². The molecule has 0 bridgehead atoms. The summed E-state index contributed by atoms with van der Waals surface area (Å²) in [6.07, 6.45) is 17.7. The zero-order valence-electron chi connectivity index (χ0n) is 14.5. The zero-order valence-corrected chi connectivity index (χ0v) is 14.5. The van der Waals surface area contributed by atoms with Gasteiger partial charge in [-0.2, -0.15) is 0 Å². The van der Waals surface area contributed by atoms with Crippen LogP contribution in [0.2, 0.25) is 0 Å². The van der Waals surface area contributed by atoms with Gasteiger partial charge in [0.25, 0.3) is 0 Å². The number of hydrogen-bond donors (Lipinski definition) is 0. The maximum atomic E-state index is 6.76. The Morgan fingerprint density at radius 2 is 2.04 bits per heavy atom. The molecule has 1 aromatic carbocycles. The number of aromatic nitrogens is 2. The molecule has 3 rings (SSSR count). The highest BCUT2D eigenvalue weighted by atomic mass is 16.5. The summed E-state index contributed by atoms with van der Waals surface area (Å²) >= 11 is 0. The molecule has 0 saturated heterocycles. The predicted molar refractivity (Wildman–Crippen MR) is 97.7 cm³/mol. The van der Waals surface area contributed by atoms with E-state index >= 15 is 0 Å². The van der Waals surface area contributed by atoms with Gasteiger partial charge in [0.1, 0.15) is 0 Å². The molecule has 3 unspecified atom stereocenters. The fourth-order valence-corrected chi connectivity index (χ4v) is 3.44. The van der Waals surface area contributed by atoms with Crippen molar-refractivity contribution in [3.8, 4) is 0 Å². The molecule has 0 aliphatic heterocycles. The lowest BCUT2D eigenvalue weighted by Crippen LogP contribution is -2.43. The number of rotatable bonds is 7. The summed E-state index contributed by atoms with van der Waals surface area (Å²) in [6, 6.07) is 10.6. The van der Waals surface area contributed by atoms with Crippen LogP contribution in [0.1, 0.15) is 44.6 Å². The highest BCUT2D eigenvalue weighted by Gasteiger charge is 2.41. The Bertz CT molecular complexity index is 675. The van der Waals surface area contributed by atoms with Gasteiger partial charge in [-0.1, -0.05) is 68.8 Å². The third kappa shape index (κ3) is 3.22. The SMILES string of the molecule is CCCC(CC)OC1(n2ccnc2)C=CC=CC1c1ccccc1. The second-order valence-corrected chi connectivity index (χ2v) is 6.29. The Kier molecular flexibility index (Phi) is 5.31. The second kappa shape index (κ2) is 7.63. The maximum Gasteiger partial charge on any atom is 0.175 e. The lowest BCUT2D eigenvalue weighted by molar-refractivity contribution is -0.127. The summed E-state index contributed by atoms with van der Waals surface area (Å²) in [5.74, 6) is 0.115. The monoisotopic (exact) mass is 322 g/mol. The van der Waals surface area contributed by atoms with Gasteiger partial charge in [-0.3, -0.25) is 0 Å². The van der Waals surface area contributed by atoms with Crippen molar-refractivity contribution >= 4 is 0 Å². The van der Waals surface area contributed by atoms with Crippen molar-refractivity contribution in [3.05, 3.63) is 78.9 Å². The lowest BCUT2D eigenvalue weighted by atomic mass is 9.84. The molecule has 0 fully saturated rings. The van der Waals surface area contributed by atoms with Crippen molar-refractivity contribution in [3.63, 3.8) is 0 Å². The van der Waals surface area contributed by atoms with Crippen LogP contribution >= 0.6 is 0 Å². The van der Waals surface area contributed by atoms with Crippen molar-refractivity contribution in [2.24, 2.45) is 0 Å². The average Bonchev–Trinajstić information content (AvgIpc) is 3.18. The molecule has 0 saturated carbocycles. The van der Waals surface area contributed by atoms with Gasteiger partial charge >= 0.3 is 0 Å². The van der Waals surface area contributed by atoms with Gasteiger partial charge in [-0.25, -0.2) is 4.98 Å². The van der Waals surface area contributed by atoms with Crippen molar-refractivity contribution < 1.29 is 4.74 Å².